The van der Waals surface area contributed by atoms with Gasteiger partial charge in [0.2, 0.25) is 0 Å². The molecule has 0 amide bonds. The van der Waals surface area contributed by atoms with Crippen LogP contribution in [0.25, 0.3) is 0 Å². The standard InChI is InChI=1S/C23H46N6.HI/c1-5-24-22(26-21-9-15-28(16-10-21)20(2)3)25-19-23(11-17-27(4)18-12-23)29-13-7-6-8-14-29;/h20-21H,5-19H2,1-4H3,(H2,24,25,26);1H. The normalized spacial score (nSPS) is 25.2. The van der Waals surface area contributed by atoms with Gasteiger partial charge >= 0.3 is 0 Å². The van der Waals surface area contributed by atoms with Crippen molar-refractivity contribution in [3.05, 3.63) is 0 Å². The van der Waals surface area contributed by atoms with Crippen molar-refractivity contribution in [3.63, 3.8) is 0 Å². The summed E-state index contributed by atoms with van der Waals surface area (Å²) in [7, 11) is 2.26. The number of rotatable bonds is 6. The van der Waals surface area contributed by atoms with Crippen LogP contribution in [-0.4, -0.2) is 97.7 Å². The highest BCUT2D eigenvalue weighted by Crippen LogP contribution is 2.31. The highest BCUT2D eigenvalue weighted by molar-refractivity contribution is 14.0. The molecule has 3 rings (SSSR count). The van der Waals surface area contributed by atoms with Crippen LogP contribution >= 0.6 is 24.0 Å². The molecular weight excluding hydrogens is 487 g/mol. The molecule has 0 bridgehead atoms. The third-order valence-electron chi connectivity index (χ3n) is 7.42. The Hall–Kier alpha value is -0.120. The van der Waals surface area contributed by atoms with E-state index in [0.29, 0.717) is 12.1 Å². The Morgan fingerprint density at radius 1 is 1.00 bits per heavy atom. The Labute approximate surface area is 202 Å². The lowest BCUT2D eigenvalue weighted by Crippen LogP contribution is -2.58. The van der Waals surface area contributed by atoms with E-state index in [4.69, 9.17) is 4.99 Å². The summed E-state index contributed by atoms with van der Waals surface area (Å²) in [6.07, 6.45) is 9.03. The topological polar surface area (TPSA) is 46.1 Å². The van der Waals surface area contributed by atoms with Gasteiger partial charge in [-0.15, -0.1) is 24.0 Å². The second kappa shape index (κ2) is 12.8. The van der Waals surface area contributed by atoms with E-state index in [0.717, 1.165) is 19.0 Å². The zero-order valence-electron chi connectivity index (χ0n) is 20.0. The zero-order chi connectivity index (χ0) is 20.7. The van der Waals surface area contributed by atoms with Crippen molar-refractivity contribution in [3.8, 4) is 0 Å². The molecule has 0 aromatic rings. The van der Waals surface area contributed by atoms with Gasteiger partial charge in [-0.05, 0) is 92.5 Å². The molecule has 176 valence electrons. The lowest BCUT2D eigenvalue weighted by Gasteiger charge is -2.49. The Kier molecular flexibility index (Phi) is 11.1. The Morgan fingerprint density at radius 2 is 1.63 bits per heavy atom. The van der Waals surface area contributed by atoms with Crippen LogP contribution in [0.5, 0.6) is 0 Å². The summed E-state index contributed by atoms with van der Waals surface area (Å²) in [6, 6.07) is 1.21. The molecule has 2 N–H and O–H groups in total. The lowest BCUT2D eigenvalue weighted by atomic mass is 9.84. The van der Waals surface area contributed by atoms with Crippen molar-refractivity contribution in [2.24, 2.45) is 4.99 Å². The van der Waals surface area contributed by atoms with Crippen molar-refractivity contribution in [2.45, 2.75) is 83.3 Å². The number of likely N-dealkylation sites (tertiary alicyclic amines) is 3. The first kappa shape index (κ1) is 26.1. The molecule has 0 unspecified atom stereocenters. The SMILES string of the molecule is CCNC(=NCC1(N2CCCCC2)CCN(C)CC1)NC1CCN(C(C)C)CC1.I. The van der Waals surface area contributed by atoms with Crippen LogP contribution in [0.2, 0.25) is 0 Å². The monoisotopic (exact) mass is 534 g/mol. The molecule has 0 saturated carbocycles. The summed E-state index contributed by atoms with van der Waals surface area (Å²) in [6.45, 7) is 16.0. The van der Waals surface area contributed by atoms with Crippen molar-refractivity contribution >= 4 is 29.9 Å². The van der Waals surface area contributed by atoms with Crippen LogP contribution in [-0.2, 0) is 0 Å². The Balaban J connectivity index is 0.00000320. The predicted molar refractivity (Wildman–Crippen MR) is 139 cm³/mol. The van der Waals surface area contributed by atoms with Gasteiger partial charge in [0.05, 0.1) is 6.54 Å². The van der Waals surface area contributed by atoms with E-state index in [-0.39, 0.29) is 29.5 Å². The van der Waals surface area contributed by atoms with Gasteiger partial charge in [0.1, 0.15) is 0 Å². The van der Waals surface area contributed by atoms with Gasteiger partial charge in [-0.1, -0.05) is 6.42 Å². The molecule has 0 aromatic carbocycles. The van der Waals surface area contributed by atoms with Gasteiger partial charge in [0, 0.05) is 37.3 Å². The summed E-state index contributed by atoms with van der Waals surface area (Å²) in [5, 5.41) is 7.30. The zero-order valence-corrected chi connectivity index (χ0v) is 22.3. The van der Waals surface area contributed by atoms with Gasteiger partial charge in [-0.3, -0.25) is 9.89 Å². The highest BCUT2D eigenvalue weighted by atomic mass is 127. The molecule has 0 aromatic heterocycles. The van der Waals surface area contributed by atoms with Crippen LogP contribution in [0.15, 0.2) is 4.99 Å². The van der Waals surface area contributed by atoms with Gasteiger partial charge in [0.25, 0.3) is 0 Å². The van der Waals surface area contributed by atoms with Gasteiger partial charge in [-0.2, -0.15) is 0 Å². The van der Waals surface area contributed by atoms with Crippen LogP contribution in [0.1, 0.15) is 65.7 Å². The van der Waals surface area contributed by atoms with E-state index < -0.39 is 0 Å². The van der Waals surface area contributed by atoms with E-state index >= 15 is 0 Å². The molecule has 3 aliphatic rings. The van der Waals surface area contributed by atoms with Crippen LogP contribution in [0.3, 0.4) is 0 Å². The van der Waals surface area contributed by atoms with E-state index in [2.05, 4.69) is 53.2 Å². The van der Waals surface area contributed by atoms with Gasteiger partial charge in [0.15, 0.2) is 5.96 Å². The molecule has 3 aliphatic heterocycles. The second-order valence-corrected chi connectivity index (χ2v) is 9.82. The molecule has 0 spiro atoms. The van der Waals surface area contributed by atoms with Crippen LogP contribution < -0.4 is 10.6 Å². The molecule has 3 fully saturated rings. The van der Waals surface area contributed by atoms with Crippen molar-refractivity contribution < 1.29 is 0 Å². The summed E-state index contributed by atoms with van der Waals surface area (Å²) in [5.74, 6) is 1.03. The first-order valence-corrected chi connectivity index (χ1v) is 12.2. The van der Waals surface area contributed by atoms with Gasteiger partial charge in [-0.25, -0.2) is 0 Å². The largest absolute Gasteiger partial charge is 0.357 e. The minimum Gasteiger partial charge on any atom is -0.357 e. The Bertz CT molecular complexity index is 504. The maximum Gasteiger partial charge on any atom is 0.191 e. The molecule has 0 radical (unpaired) electrons. The fourth-order valence-electron chi connectivity index (χ4n) is 5.28. The first-order chi connectivity index (χ1) is 14.0. The van der Waals surface area contributed by atoms with E-state index in [1.807, 2.05) is 0 Å². The van der Waals surface area contributed by atoms with Crippen LogP contribution in [0, 0.1) is 0 Å². The van der Waals surface area contributed by atoms with Crippen molar-refractivity contribution in [1.29, 1.82) is 0 Å². The molecule has 3 saturated heterocycles. The lowest BCUT2D eigenvalue weighted by molar-refractivity contribution is 0.0208. The summed E-state index contributed by atoms with van der Waals surface area (Å²) < 4.78 is 0. The summed E-state index contributed by atoms with van der Waals surface area (Å²) >= 11 is 0. The van der Waals surface area contributed by atoms with Crippen LogP contribution in [0.4, 0.5) is 0 Å². The third kappa shape index (κ3) is 7.20. The number of nitrogens with one attached hydrogen (secondary N) is 2. The van der Waals surface area contributed by atoms with Gasteiger partial charge < -0.3 is 20.4 Å². The number of guanidine groups is 1. The molecule has 0 atom stereocenters. The van der Waals surface area contributed by atoms with Crippen molar-refractivity contribution in [1.82, 2.24) is 25.3 Å². The quantitative estimate of drug-likeness (QED) is 0.312. The number of nitrogens with zero attached hydrogens (tertiary/aromatic N) is 4. The number of aliphatic imine (C=N–C) groups is 1. The van der Waals surface area contributed by atoms with Crippen molar-refractivity contribution in [2.75, 3.05) is 59.4 Å². The number of piperidine rings is 3. The smallest absolute Gasteiger partial charge is 0.191 e. The molecule has 3 heterocycles. The number of hydrogen-bond donors (Lipinski definition) is 2. The summed E-state index contributed by atoms with van der Waals surface area (Å²) in [4.78, 5) is 13.0. The minimum absolute atomic E-state index is 0. The number of halogens is 1. The average Bonchev–Trinajstić information content (AvgIpc) is 2.74. The maximum absolute atomic E-state index is 5.18. The average molecular weight is 535 g/mol. The molecule has 30 heavy (non-hydrogen) atoms. The molecule has 7 heteroatoms. The molecular formula is C23H47IN6. The summed E-state index contributed by atoms with van der Waals surface area (Å²) in [5.41, 5.74) is 0.260. The van der Waals surface area contributed by atoms with E-state index in [1.165, 1.54) is 84.2 Å². The minimum atomic E-state index is 0. The second-order valence-electron chi connectivity index (χ2n) is 9.82. The fourth-order valence-corrected chi connectivity index (χ4v) is 5.28. The third-order valence-corrected chi connectivity index (χ3v) is 7.42. The van der Waals surface area contributed by atoms with E-state index in [1.54, 1.807) is 0 Å². The first-order valence-electron chi connectivity index (χ1n) is 12.2. The fraction of sp³-hybridized carbons (Fsp3) is 0.957. The maximum atomic E-state index is 5.18. The molecule has 0 aliphatic carbocycles. The van der Waals surface area contributed by atoms with E-state index in [9.17, 15) is 0 Å². The molecule has 6 nitrogen and oxygen atoms in total. The predicted octanol–water partition coefficient (Wildman–Crippen LogP) is 2.98. The number of hydrogen-bond acceptors (Lipinski definition) is 4. The highest BCUT2D eigenvalue weighted by Gasteiger charge is 2.39. The Morgan fingerprint density at radius 3 is 2.20 bits per heavy atom.